The number of aromatic nitrogens is 1. The van der Waals surface area contributed by atoms with Crippen LogP contribution in [0.25, 0.3) is 27.8 Å². The Morgan fingerprint density at radius 3 is 2.52 bits per heavy atom. The van der Waals surface area contributed by atoms with E-state index < -0.39 is 0 Å². The van der Waals surface area contributed by atoms with Gasteiger partial charge in [0.25, 0.3) is 5.91 Å². The summed E-state index contributed by atoms with van der Waals surface area (Å²) in [6.45, 7) is 0.711. The highest BCUT2D eigenvalue weighted by Crippen LogP contribution is 2.25. The number of fused-ring (bicyclic) bond motifs is 2. The summed E-state index contributed by atoms with van der Waals surface area (Å²) >= 11 is 0. The van der Waals surface area contributed by atoms with E-state index in [0.29, 0.717) is 6.54 Å². The lowest BCUT2D eigenvalue weighted by Gasteiger charge is -2.08. The summed E-state index contributed by atoms with van der Waals surface area (Å²) in [6.07, 6.45) is 3.70. The Morgan fingerprint density at radius 1 is 1.03 bits per heavy atom. The predicted octanol–water partition coefficient (Wildman–Crippen LogP) is 4.84. The fourth-order valence-corrected chi connectivity index (χ4v) is 3.59. The van der Waals surface area contributed by atoms with Crippen LogP contribution in [0.4, 0.5) is 0 Å². The zero-order chi connectivity index (χ0) is 20.4. The summed E-state index contributed by atoms with van der Waals surface area (Å²) in [5.74, 6) is -0.293. The number of carbonyl (C=O) groups excluding carboxylic acids is 1. The third-order valence-electron chi connectivity index (χ3n) is 5.04. The maximum absolute atomic E-state index is 12.3. The molecular formula is C25H21N3O. The average molecular weight is 379 g/mol. The fraction of sp³-hybridized carbons (Fsp3) is 0.120. The van der Waals surface area contributed by atoms with Crippen molar-refractivity contribution in [1.82, 2.24) is 9.47 Å². The molecule has 4 nitrogen and oxygen atoms in total. The van der Waals surface area contributed by atoms with Crippen molar-refractivity contribution >= 4 is 33.7 Å². The fourth-order valence-electron chi connectivity index (χ4n) is 3.59. The molecule has 0 unspecified atom stereocenters. The number of likely N-dealkylation sites (N-methyl/N-ethyl adjacent to an activating group) is 1. The zero-order valence-electron chi connectivity index (χ0n) is 16.5. The molecule has 142 valence electrons. The van der Waals surface area contributed by atoms with E-state index >= 15 is 0 Å². The van der Waals surface area contributed by atoms with Gasteiger partial charge in [-0.15, -0.1) is 0 Å². The standard InChI is InChI=1S/C25H21N3O/c1-27(2)25(29)21(15-26)14-22-17-28(24-10-6-5-9-23(22)24)16-18-11-12-19-7-3-4-8-20(19)13-18/h3-14,17H,16H2,1-2H3/b21-14+. The third-order valence-corrected chi connectivity index (χ3v) is 5.04. The summed E-state index contributed by atoms with van der Waals surface area (Å²) in [5.41, 5.74) is 3.27. The van der Waals surface area contributed by atoms with Crippen molar-refractivity contribution in [2.24, 2.45) is 0 Å². The molecule has 0 aliphatic heterocycles. The van der Waals surface area contributed by atoms with Crippen molar-refractivity contribution in [3.63, 3.8) is 0 Å². The molecule has 0 aliphatic carbocycles. The molecule has 4 rings (SSSR count). The first-order chi connectivity index (χ1) is 14.1. The van der Waals surface area contributed by atoms with Gasteiger partial charge in [0.2, 0.25) is 0 Å². The number of amides is 1. The number of carbonyl (C=O) groups is 1. The molecule has 3 aromatic carbocycles. The number of hydrogen-bond acceptors (Lipinski definition) is 2. The molecule has 29 heavy (non-hydrogen) atoms. The normalized spacial score (nSPS) is 11.6. The van der Waals surface area contributed by atoms with Gasteiger partial charge in [-0.25, -0.2) is 0 Å². The van der Waals surface area contributed by atoms with Crippen molar-refractivity contribution in [2.45, 2.75) is 6.54 Å². The molecule has 4 heteroatoms. The van der Waals surface area contributed by atoms with Crippen LogP contribution in [0.5, 0.6) is 0 Å². The van der Waals surface area contributed by atoms with E-state index in [-0.39, 0.29) is 11.5 Å². The lowest BCUT2D eigenvalue weighted by molar-refractivity contribution is -0.124. The summed E-state index contributed by atoms with van der Waals surface area (Å²) in [5, 5.41) is 12.9. The van der Waals surface area contributed by atoms with Crippen molar-refractivity contribution in [1.29, 1.82) is 5.26 Å². The molecule has 0 atom stereocenters. The molecular weight excluding hydrogens is 358 g/mol. The summed E-state index contributed by atoms with van der Waals surface area (Å²) in [4.78, 5) is 13.7. The van der Waals surface area contributed by atoms with Gasteiger partial charge in [-0.1, -0.05) is 54.6 Å². The van der Waals surface area contributed by atoms with Crippen molar-refractivity contribution in [3.05, 3.63) is 89.6 Å². The van der Waals surface area contributed by atoms with Gasteiger partial charge in [-0.2, -0.15) is 5.26 Å². The molecule has 0 fully saturated rings. The number of rotatable bonds is 4. The molecule has 0 bridgehead atoms. The third kappa shape index (κ3) is 3.63. The van der Waals surface area contributed by atoms with Crippen LogP contribution in [-0.4, -0.2) is 29.5 Å². The summed E-state index contributed by atoms with van der Waals surface area (Å²) in [6, 6.07) is 24.9. The predicted molar refractivity (Wildman–Crippen MR) is 117 cm³/mol. The smallest absolute Gasteiger partial charge is 0.264 e. The van der Waals surface area contributed by atoms with Crippen molar-refractivity contribution in [2.75, 3.05) is 14.1 Å². The average Bonchev–Trinajstić information content (AvgIpc) is 3.08. The van der Waals surface area contributed by atoms with Gasteiger partial charge in [0.15, 0.2) is 0 Å². The van der Waals surface area contributed by atoms with E-state index in [1.807, 2.05) is 42.6 Å². The first kappa shape index (κ1) is 18.5. The Bertz CT molecular complexity index is 1290. The van der Waals surface area contributed by atoms with Gasteiger partial charge in [0.1, 0.15) is 11.6 Å². The molecule has 0 N–H and O–H groups in total. The monoisotopic (exact) mass is 379 g/mol. The Morgan fingerprint density at radius 2 is 1.76 bits per heavy atom. The number of nitrogens with zero attached hydrogens (tertiary/aromatic N) is 3. The molecule has 4 aromatic rings. The van der Waals surface area contributed by atoms with Gasteiger partial charge >= 0.3 is 0 Å². The van der Waals surface area contributed by atoms with Gasteiger partial charge in [-0.3, -0.25) is 4.79 Å². The van der Waals surface area contributed by atoms with Crippen LogP contribution >= 0.6 is 0 Å². The van der Waals surface area contributed by atoms with E-state index in [4.69, 9.17) is 0 Å². The first-order valence-electron chi connectivity index (χ1n) is 9.46. The van der Waals surface area contributed by atoms with Gasteiger partial charge in [0, 0.05) is 43.3 Å². The van der Waals surface area contributed by atoms with E-state index in [1.54, 1.807) is 20.2 Å². The van der Waals surface area contributed by atoms with Gasteiger partial charge < -0.3 is 9.47 Å². The van der Waals surface area contributed by atoms with Crippen LogP contribution in [-0.2, 0) is 11.3 Å². The van der Waals surface area contributed by atoms with Crippen molar-refractivity contribution < 1.29 is 4.79 Å². The minimum Gasteiger partial charge on any atom is -0.344 e. The van der Waals surface area contributed by atoms with Crippen molar-refractivity contribution in [3.8, 4) is 6.07 Å². The number of nitriles is 1. The SMILES string of the molecule is CN(C)C(=O)/C(C#N)=C/c1cn(Cc2ccc3ccccc3c2)c2ccccc12. The number of para-hydroxylation sites is 1. The maximum atomic E-state index is 12.3. The topological polar surface area (TPSA) is 49.0 Å². The molecule has 1 amide bonds. The molecule has 1 heterocycles. The minimum absolute atomic E-state index is 0.128. The van der Waals surface area contributed by atoms with Gasteiger partial charge in [0.05, 0.1) is 0 Å². The van der Waals surface area contributed by atoms with E-state index in [1.165, 1.54) is 21.2 Å². The van der Waals surface area contributed by atoms with Crippen LogP contribution in [0.3, 0.4) is 0 Å². The van der Waals surface area contributed by atoms with Crippen LogP contribution in [0.2, 0.25) is 0 Å². The largest absolute Gasteiger partial charge is 0.344 e. The van der Waals surface area contributed by atoms with E-state index in [0.717, 1.165) is 16.5 Å². The Balaban J connectivity index is 1.77. The molecule has 0 saturated heterocycles. The highest BCUT2D eigenvalue weighted by molar-refractivity contribution is 6.03. The number of hydrogen-bond donors (Lipinski definition) is 0. The lowest BCUT2D eigenvalue weighted by atomic mass is 10.1. The highest BCUT2D eigenvalue weighted by atomic mass is 16.2. The van der Waals surface area contributed by atoms with Crippen LogP contribution in [0.1, 0.15) is 11.1 Å². The molecule has 0 aliphatic rings. The minimum atomic E-state index is -0.293. The molecule has 1 aromatic heterocycles. The quantitative estimate of drug-likeness (QED) is 0.376. The second-order valence-corrected chi connectivity index (χ2v) is 7.28. The second kappa shape index (κ2) is 7.65. The van der Waals surface area contributed by atoms with E-state index in [2.05, 4.69) is 41.0 Å². The maximum Gasteiger partial charge on any atom is 0.264 e. The second-order valence-electron chi connectivity index (χ2n) is 7.28. The van der Waals surface area contributed by atoms with Crippen LogP contribution in [0, 0.1) is 11.3 Å². The van der Waals surface area contributed by atoms with E-state index in [9.17, 15) is 10.1 Å². The number of benzene rings is 3. The van der Waals surface area contributed by atoms with Crippen LogP contribution in [0.15, 0.2) is 78.5 Å². The Hall–Kier alpha value is -3.84. The molecule has 0 saturated carbocycles. The Labute approximate surface area is 169 Å². The Kier molecular flexibility index (Phi) is 4.88. The lowest BCUT2D eigenvalue weighted by Crippen LogP contribution is -2.22. The van der Waals surface area contributed by atoms with Gasteiger partial charge in [-0.05, 0) is 34.5 Å². The summed E-state index contributed by atoms with van der Waals surface area (Å²) < 4.78 is 2.17. The molecule has 0 spiro atoms. The molecule has 0 radical (unpaired) electrons. The highest BCUT2D eigenvalue weighted by Gasteiger charge is 2.14. The summed E-state index contributed by atoms with van der Waals surface area (Å²) in [7, 11) is 3.30. The first-order valence-corrected chi connectivity index (χ1v) is 9.46. The van der Waals surface area contributed by atoms with Crippen LogP contribution < -0.4 is 0 Å². The zero-order valence-corrected chi connectivity index (χ0v) is 16.5.